The minimum absolute atomic E-state index is 0.241. The van der Waals surface area contributed by atoms with E-state index in [0.29, 0.717) is 13.1 Å². The third kappa shape index (κ3) is 3.90. The number of piperidine rings is 1. The Bertz CT molecular complexity index is 1280. The maximum absolute atomic E-state index is 12.4. The van der Waals surface area contributed by atoms with Gasteiger partial charge in [0, 0.05) is 53.3 Å². The third-order valence-corrected chi connectivity index (χ3v) is 5.89. The highest BCUT2D eigenvalue weighted by Crippen LogP contribution is 2.34. The number of aromatic amines is 1. The van der Waals surface area contributed by atoms with Gasteiger partial charge in [-0.2, -0.15) is 0 Å². The average molecular weight is 430 g/mol. The zero-order valence-corrected chi connectivity index (χ0v) is 18.6. The molecular formula is C25H27N5O2. The van der Waals surface area contributed by atoms with Crippen molar-refractivity contribution >= 4 is 28.0 Å². The summed E-state index contributed by atoms with van der Waals surface area (Å²) < 4.78 is 5.51. The molecule has 0 bridgehead atoms. The Kier molecular flexibility index (Phi) is 5.04. The Morgan fingerprint density at radius 3 is 2.69 bits per heavy atom. The molecule has 3 aromatic heterocycles. The zero-order chi connectivity index (χ0) is 22.3. The lowest BCUT2D eigenvalue weighted by Gasteiger charge is -2.33. The van der Waals surface area contributed by atoms with Crippen molar-refractivity contribution in [3.63, 3.8) is 0 Å². The summed E-state index contributed by atoms with van der Waals surface area (Å²) in [5, 5.41) is 2.19. The second-order valence-corrected chi connectivity index (χ2v) is 9.32. The highest BCUT2D eigenvalue weighted by molar-refractivity contribution is 6.12. The van der Waals surface area contributed by atoms with Crippen molar-refractivity contribution in [2.45, 2.75) is 45.1 Å². The van der Waals surface area contributed by atoms with Crippen LogP contribution in [0.4, 0.5) is 4.79 Å². The molecule has 1 N–H and O–H groups in total. The fourth-order valence-corrected chi connectivity index (χ4v) is 4.37. The van der Waals surface area contributed by atoms with Crippen LogP contribution in [0.1, 0.15) is 45.2 Å². The molecule has 0 radical (unpaired) electrons. The predicted molar refractivity (Wildman–Crippen MR) is 124 cm³/mol. The number of nitrogens with one attached hydrogen (secondary N) is 1. The van der Waals surface area contributed by atoms with Gasteiger partial charge in [0.1, 0.15) is 11.2 Å². The van der Waals surface area contributed by atoms with Gasteiger partial charge >= 0.3 is 6.09 Å². The number of ether oxygens (including phenoxy) is 1. The number of benzene rings is 1. The first-order valence-electron chi connectivity index (χ1n) is 11.0. The summed E-state index contributed by atoms with van der Waals surface area (Å²) >= 11 is 0. The summed E-state index contributed by atoms with van der Waals surface area (Å²) in [6, 6.07) is 10.2. The highest BCUT2D eigenvalue weighted by Gasteiger charge is 2.28. The summed E-state index contributed by atoms with van der Waals surface area (Å²) in [5.41, 5.74) is 4.26. The van der Waals surface area contributed by atoms with E-state index in [-0.39, 0.29) is 12.0 Å². The van der Waals surface area contributed by atoms with E-state index in [2.05, 4.69) is 27.1 Å². The van der Waals surface area contributed by atoms with Crippen molar-refractivity contribution in [3.05, 3.63) is 54.6 Å². The van der Waals surface area contributed by atoms with Crippen LogP contribution in [0.15, 0.2) is 48.9 Å². The van der Waals surface area contributed by atoms with E-state index in [1.54, 1.807) is 11.1 Å². The summed E-state index contributed by atoms with van der Waals surface area (Å²) in [7, 11) is 0. The van der Waals surface area contributed by atoms with Gasteiger partial charge in [0.05, 0.1) is 17.6 Å². The lowest BCUT2D eigenvalue weighted by Crippen LogP contribution is -2.41. The molecule has 1 aliphatic heterocycles. The van der Waals surface area contributed by atoms with Crippen LogP contribution in [0.2, 0.25) is 0 Å². The Labute approximate surface area is 186 Å². The molecule has 1 fully saturated rings. The summed E-state index contributed by atoms with van der Waals surface area (Å²) in [6.07, 6.45) is 6.92. The number of hydrogen-bond donors (Lipinski definition) is 1. The SMILES string of the molecule is CC(C)(C)OC(=O)N1CCC(c2cncc(-c3ccnc4[nH]c5ccccc5c34)n2)CC1. The van der Waals surface area contributed by atoms with Gasteiger partial charge in [0.2, 0.25) is 0 Å². The van der Waals surface area contributed by atoms with Gasteiger partial charge in [-0.05, 0) is 45.7 Å². The molecule has 0 saturated carbocycles. The minimum Gasteiger partial charge on any atom is -0.444 e. The maximum Gasteiger partial charge on any atom is 0.410 e. The first-order valence-corrected chi connectivity index (χ1v) is 11.0. The molecule has 1 saturated heterocycles. The van der Waals surface area contributed by atoms with E-state index in [9.17, 15) is 4.79 Å². The molecule has 7 heteroatoms. The van der Waals surface area contributed by atoms with Crippen LogP contribution in [0.25, 0.3) is 33.2 Å². The van der Waals surface area contributed by atoms with Crippen molar-refractivity contribution in [2.75, 3.05) is 13.1 Å². The Hall–Kier alpha value is -3.48. The number of H-pyrrole nitrogens is 1. The highest BCUT2D eigenvalue weighted by atomic mass is 16.6. The second kappa shape index (κ2) is 7.89. The van der Waals surface area contributed by atoms with Crippen LogP contribution in [-0.4, -0.2) is 49.6 Å². The molecule has 0 atom stereocenters. The van der Waals surface area contributed by atoms with Crippen molar-refractivity contribution in [3.8, 4) is 11.3 Å². The van der Waals surface area contributed by atoms with Crippen LogP contribution < -0.4 is 0 Å². The van der Waals surface area contributed by atoms with Gasteiger partial charge in [-0.25, -0.2) is 14.8 Å². The molecule has 4 aromatic rings. The van der Waals surface area contributed by atoms with Crippen LogP contribution in [0.5, 0.6) is 0 Å². The lowest BCUT2D eigenvalue weighted by molar-refractivity contribution is 0.0204. The molecule has 0 aliphatic carbocycles. The predicted octanol–water partition coefficient (Wildman–Crippen LogP) is 5.29. The molecule has 5 rings (SSSR count). The Morgan fingerprint density at radius 1 is 1.12 bits per heavy atom. The number of amides is 1. The fraction of sp³-hybridized carbons (Fsp3) is 0.360. The smallest absolute Gasteiger partial charge is 0.410 e. The van der Waals surface area contributed by atoms with Crippen molar-refractivity contribution < 1.29 is 9.53 Å². The molecule has 1 aromatic carbocycles. The van der Waals surface area contributed by atoms with Gasteiger partial charge in [-0.15, -0.1) is 0 Å². The molecule has 0 unspecified atom stereocenters. The van der Waals surface area contributed by atoms with Crippen molar-refractivity contribution in [1.29, 1.82) is 0 Å². The molecule has 1 amide bonds. The standard InChI is InChI=1S/C25H27N5O2/c1-25(2,3)32-24(31)30-12-9-16(10-13-30)20-14-26-15-21(28-20)18-8-11-27-23-22(18)17-6-4-5-7-19(17)29-23/h4-8,11,14-16H,9-10,12-13H2,1-3H3,(H,27,29). The first-order chi connectivity index (χ1) is 15.4. The summed E-state index contributed by atoms with van der Waals surface area (Å²) in [6.45, 7) is 6.99. The van der Waals surface area contributed by atoms with Gasteiger partial charge in [0.25, 0.3) is 0 Å². The third-order valence-electron chi connectivity index (χ3n) is 5.89. The lowest BCUT2D eigenvalue weighted by atomic mass is 9.93. The largest absolute Gasteiger partial charge is 0.444 e. The van der Waals surface area contributed by atoms with Crippen LogP contribution in [0, 0.1) is 0 Å². The molecule has 32 heavy (non-hydrogen) atoms. The molecule has 164 valence electrons. The number of nitrogens with zero attached hydrogens (tertiary/aromatic N) is 4. The first kappa shape index (κ1) is 20.4. The second-order valence-electron chi connectivity index (χ2n) is 9.32. The number of aromatic nitrogens is 4. The van der Waals surface area contributed by atoms with E-state index in [4.69, 9.17) is 9.72 Å². The van der Waals surface area contributed by atoms with Crippen LogP contribution >= 0.6 is 0 Å². The number of hydrogen-bond acceptors (Lipinski definition) is 5. The van der Waals surface area contributed by atoms with Gasteiger partial charge in [-0.1, -0.05) is 18.2 Å². The van der Waals surface area contributed by atoms with E-state index in [0.717, 1.165) is 51.7 Å². The van der Waals surface area contributed by atoms with Gasteiger partial charge in [0.15, 0.2) is 0 Å². The van der Waals surface area contributed by atoms with Crippen molar-refractivity contribution in [1.82, 2.24) is 24.8 Å². The van der Waals surface area contributed by atoms with Crippen LogP contribution in [-0.2, 0) is 4.74 Å². The molecule has 7 nitrogen and oxygen atoms in total. The Balaban J connectivity index is 1.40. The average Bonchev–Trinajstić information content (AvgIpc) is 3.17. The number of pyridine rings is 1. The monoisotopic (exact) mass is 429 g/mol. The molecule has 0 spiro atoms. The Morgan fingerprint density at radius 2 is 1.91 bits per heavy atom. The molecular weight excluding hydrogens is 402 g/mol. The van der Waals surface area contributed by atoms with E-state index < -0.39 is 5.60 Å². The van der Waals surface area contributed by atoms with E-state index in [1.807, 2.05) is 51.4 Å². The number of fused-ring (bicyclic) bond motifs is 3. The number of carbonyl (C=O) groups is 1. The maximum atomic E-state index is 12.4. The fourth-order valence-electron chi connectivity index (χ4n) is 4.37. The number of para-hydroxylation sites is 1. The number of carbonyl (C=O) groups excluding carboxylic acids is 1. The number of likely N-dealkylation sites (tertiary alicyclic amines) is 1. The topological polar surface area (TPSA) is 84.0 Å². The number of rotatable bonds is 2. The molecule has 4 heterocycles. The molecule has 1 aliphatic rings. The zero-order valence-electron chi connectivity index (χ0n) is 18.6. The van der Waals surface area contributed by atoms with E-state index >= 15 is 0 Å². The van der Waals surface area contributed by atoms with Gasteiger partial charge < -0.3 is 14.6 Å². The normalized spacial score (nSPS) is 15.4. The minimum atomic E-state index is -0.480. The summed E-state index contributed by atoms with van der Waals surface area (Å²) in [5.74, 6) is 0.265. The summed E-state index contributed by atoms with van der Waals surface area (Å²) in [4.78, 5) is 31.6. The van der Waals surface area contributed by atoms with Crippen LogP contribution in [0.3, 0.4) is 0 Å². The quantitative estimate of drug-likeness (QED) is 0.468. The van der Waals surface area contributed by atoms with Gasteiger partial charge in [-0.3, -0.25) is 4.98 Å². The van der Waals surface area contributed by atoms with Crippen molar-refractivity contribution in [2.24, 2.45) is 0 Å². The van der Waals surface area contributed by atoms with E-state index in [1.165, 1.54) is 0 Å².